The number of ketones is 1. The Morgan fingerprint density at radius 3 is 2.57 bits per heavy atom. The van der Waals surface area contributed by atoms with Gasteiger partial charge in [-0.2, -0.15) is 5.10 Å². The van der Waals surface area contributed by atoms with Crippen molar-refractivity contribution in [1.82, 2.24) is 9.78 Å². The molecule has 0 saturated carbocycles. The Hall–Kier alpha value is -2.66. The highest BCUT2D eigenvalue weighted by Crippen LogP contribution is 2.22. The monoisotopic (exact) mass is 438 g/mol. The molecule has 0 fully saturated rings. The number of halogens is 1. The average molecular weight is 439 g/mol. The molecule has 0 radical (unpaired) electrons. The number of nitrogens with zero attached hydrogens (tertiary/aromatic N) is 2. The normalized spacial score (nSPS) is 11.3. The molecule has 0 atom stereocenters. The molecular formula is C23H23BrN2O2. The van der Waals surface area contributed by atoms with Crippen LogP contribution >= 0.6 is 15.9 Å². The maximum absolute atomic E-state index is 12.5. The second-order valence-corrected chi connectivity index (χ2v) is 7.82. The fourth-order valence-electron chi connectivity index (χ4n) is 2.93. The van der Waals surface area contributed by atoms with E-state index >= 15 is 0 Å². The van der Waals surface area contributed by atoms with Gasteiger partial charge in [-0.25, -0.2) is 0 Å². The third-order valence-electron chi connectivity index (χ3n) is 4.53. The third kappa shape index (κ3) is 4.98. The number of aromatic nitrogens is 2. The van der Waals surface area contributed by atoms with E-state index in [-0.39, 0.29) is 5.78 Å². The van der Waals surface area contributed by atoms with Gasteiger partial charge in [0.1, 0.15) is 5.75 Å². The highest BCUT2D eigenvalue weighted by molar-refractivity contribution is 9.10. The first-order chi connectivity index (χ1) is 13.5. The van der Waals surface area contributed by atoms with Gasteiger partial charge in [0.05, 0.1) is 24.3 Å². The Labute approximate surface area is 174 Å². The SMILES string of the molecule is COc1ccc(/C=C/C(=O)c2ccc(C(C)C)cc2)cc1Cn1cc(Br)cn1. The molecule has 0 aliphatic carbocycles. The predicted molar refractivity (Wildman–Crippen MR) is 116 cm³/mol. The lowest BCUT2D eigenvalue weighted by molar-refractivity contribution is 0.104. The van der Waals surface area contributed by atoms with Gasteiger partial charge in [-0.1, -0.05) is 50.3 Å². The molecule has 0 spiro atoms. The molecule has 4 nitrogen and oxygen atoms in total. The van der Waals surface area contributed by atoms with Crippen LogP contribution in [0.2, 0.25) is 0 Å². The summed E-state index contributed by atoms with van der Waals surface area (Å²) in [6, 6.07) is 13.7. The second-order valence-electron chi connectivity index (χ2n) is 6.90. The van der Waals surface area contributed by atoms with Crippen molar-refractivity contribution in [1.29, 1.82) is 0 Å². The van der Waals surface area contributed by atoms with Gasteiger partial charge in [0, 0.05) is 17.3 Å². The van der Waals surface area contributed by atoms with Crippen molar-refractivity contribution in [3.8, 4) is 5.75 Å². The highest BCUT2D eigenvalue weighted by atomic mass is 79.9. The molecule has 1 heterocycles. The lowest BCUT2D eigenvalue weighted by atomic mass is 10.00. The minimum Gasteiger partial charge on any atom is -0.496 e. The Morgan fingerprint density at radius 2 is 1.96 bits per heavy atom. The summed E-state index contributed by atoms with van der Waals surface area (Å²) in [4.78, 5) is 12.5. The maximum atomic E-state index is 12.5. The number of rotatable bonds is 7. The number of allylic oxidation sites excluding steroid dienone is 1. The van der Waals surface area contributed by atoms with Gasteiger partial charge in [-0.05, 0) is 51.2 Å². The van der Waals surface area contributed by atoms with Crippen LogP contribution in [0, 0.1) is 0 Å². The molecule has 3 aromatic rings. The molecular weight excluding hydrogens is 416 g/mol. The average Bonchev–Trinajstić information content (AvgIpc) is 3.11. The summed E-state index contributed by atoms with van der Waals surface area (Å²) in [6.07, 6.45) is 7.10. The van der Waals surface area contributed by atoms with E-state index in [1.807, 2.05) is 59.4 Å². The number of methoxy groups -OCH3 is 1. The molecule has 3 rings (SSSR count). The third-order valence-corrected chi connectivity index (χ3v) is 4.94. The van der Waals surface area contributed by atoms with Gasteiger partial charge >= 0.3 is 0 Å². The number of benzene rings is 2. The Bertz CT molecular complexity index is 988. The van der Waals surface area contributed by atoms with Crippen LogP contribution in [0.3, 0.4) is 0 Å². The van der Waals surface area contributed by atoms with E-state index in [0.717, 1.165) is 21.3 Å². The van der Waals surface area contributed by atoms with Crippen molar-refractivity contribution in [3.63, 3.8) is 0 Å². The van der Waals surface area contributed by atoms with Crippen molar-refractivity contribution in [2.75, 3.05) is 7.11 Å². The minimum atomic E-state index is -0.0105. The molecule has 0 aliphatic rings. The lowest BCUT2D eigenvalue weighted by Crippen LogP contribution is -2.02. The van der Waals surface area contributed by atoms with Crippen molar-refractivity contribution in [2.45, 2.75) is 26.3 Å². The summed E-state index contributed by atoms with van der Waals surface area (Å²) in [7, 11) is 1.65. The van der Waals surface area contributed by atoms with Gasteiger partial charge in [-0.3, -0.25) is 9.48 Å². The van der Waals surface area contributed by atoms with Crippen LogP contribution in [0.15, 0.2) is 65.4 Å². The van der Waals surface area contributed by atoms with Crippen LogP contribution in [0.25, 0.3) is 6.08 Å². The molecule has 2 aromatic carbocycles. The number of ether oxygens (including phenoxy) is 1. The summed E-state index contributed by atoms with van der Waals surface area (Å²) in [6.45, 7) is 4.86. The highest BCUT2D eigenvalue weighted by Gasteiger charge is 2.07. The minimum absolute atomic E-state index is 0.0105. The molecule has 0 aliphatic heterocycles. The molecule has 1 aromatic heterocycles. The fraction of sp³-hybridized carbons (Fsp3) is 0.217. The molecule has 0 bridgehead atoms. The number of hydrogen-bond donors (Lipinski definition) is 0. The van der Waals surface area contributed by atoms with Crippen molar-refractivity contribution >= 4 is 27.8 Å². The number of carbonyl (C=O) groups excluding carboxylic acids is 1. The molecule has 0 saturated heterocycles. The summed E-state index contributed by atoms with van der Waals surface area (Å²) in [5, 5.41) is 4.29. The summed E-state index contributed by atoms with van der Waals surface area (Å²) in [5.74, 6) is 1.23. The van der Waals surface area contributed by atoms with Gasteiger partial charge in [0.25, 0.3) is 0 Å². The van der Waals surface area contributed by atoms with Crippen molar-refractivity contribution < 1.29 is 9.53 Å². The second kappa shape index (κ2) is 9.02. The zero-order valence-electron chi connectivity index (χ0n) is 16.2. The van der Waals surface area contributed by atoms with Crippen molar-refractivity contribution in [3.05, 3.63) is 87.7 Å². The molecule has 28 heavy (non-hydrogen) atoms. The first-order valence-electron chi connectivity index (χ1n) is 9.13. The van der Waals surface area contributed by atoms with Crippen LogP contribution < -0.4 is 4.74 Å². The number of hydrogen-bond acceptors (Lipinski definition) is 3. The smallest absolute Gasteiger partial charge is 0.185 e. The number of carbonyl (C=O) groups is 1. The summed E-state index contributed by atoms with van der Waals surface area (Å²) < 4.78 is 8.22. The van der Waals surface area contributed by atoms with E-state index < -0.39 is 0 Å². The van der Waals surface area contributed by atoms with Crippen LogP contribution in [0.5, 0.6) is 5.75 Å². The standard InChI is InChI=1S/C23H23BrN2O2/c1-16(2)18-6-8-19(9-7-18)22(27)10-4-17-5-11-23(28-3)20(12-17)14-26-15-21(24)13-25-26/h4-13,15-16H,14H2,1-3H3/b10-4+. The quantitative estimate of drug-likeness (QED) is 0.349. The fourth-order valence-corrected chi connectivity index (χ4v) is 3.25. The van der Waals surface area contributed by atoms with Gasteiger partial charge in [0.15, 0.2) is 5.78 Å². The maximum Gasteiger partial charge on any atom is 0.185 e. The molecule has 144 valence electrons. The van der Waals surface area contributed by atoms with Gasteiger partial charge < -0.3 is 4.74 Å². The predicted octanol–water partition coefficient (Wildman–Crippen LogP) is 5.72. The Kier molecular flexibility index (Phi) is 6.47. The van der Waals surface area contributed by atoms with Crippen LogP contribution in [0.1, 0.15) is 46.8 Å². The van der Waals surface area contributed by atoms with E-state index in [2.05, 4.69) is 34.9 Å². The van der Waals surface area contributed by atoms with E-state index in [1.165, 1.54) is 5.56 Å². The first-order valence-corrected chi connectivity index (χ1v) is 9.93. The van der Waals surface area contributed by atoms with Crippen molar-refractivity contribution in [2.24, 2.45) is 0 Å². The zero-order chi connectivity index (χ0) is 20.1. The van der Waals surface area contributed by atoms with E-state index in [4.69, 9.17) is 4.74 Å². The first kappa shape index (κ1) is 20.1. The van der Waals surface area contributed by atoms with E-state index in [9.17, 15) is 4.79 Å². The van der Waals surface area contributed by atoms with Crippen LogP contribution in [-0.2, 0) is 6.54 Å². The Balaban J connectivity index is 1.77. The van der Waals surface area contributed by atoms with Gasteiger partial charge in [-0.15, -0.1) is 0 Å². The van der Waals surface area contributed by atoms with Crippen LogP contribution in [-0.4, -0.2) is 22.7 Å². The topological polar surface area (TPSA) is 44.1 Å². The summed E-state index contributed by atoms with van der Waals surface area (Å²) in [5.41, 5.74) is 3.85. The molecule has 0 N–H and O–H groups in total. The van der Waals surface area contributed by atoms with Crippen LogP contribution in [0.4, 0.5) is 0 Å². The Morgan fingerprint density at radius 1 is 1.21 bits per heavy atom. The van der Waals surface area contributed by atoms with Gasteiger partial charge in [0.2, 0.25) is 0 Å². The lowest BCUT2D eigenvalue weighted by Gasteiger charge is -2.10. The molecule has 0 amide bonds. The summed E-state index contributed by atoms with van der Waals surface area (Å²) >= 11 is 3.41. The van der Waals surface area contributed by atoms with E-state index in [0.29, 0.717) is 18.0 Å². The van der Waals surface area contributed by atoms with E-state index in [1.54, 1.807) is 19.4 Å². The molecule has 0 unspecified atom stereocenters. The largest absolute Gasteiger partial charge is 0.496 e. The zero-order valence-corrected chi connectivity index (χ0v) is 17.8. The molecule has 5 heteroatoms.